The minimum absolute atomic E-state index is 0.0383. The summed E-state index contributed by atoms with van der Waals surface area (Å²) in [6.07, 6.45) is 1.23. The van der Waals surface area contributed by atoms with Crippen molar-refractivity contribution >= 4 is 17.2 Å². The van der Waals surface area contributed by atoms with Gasteiger partial charge in [-0.15, -0.1) is 0 Å². The molecule has 0 saturated heterocycles. The maximum atomic E-state index is 11.2. The largest absolute Gasteiger partial charge is 0.473 e. The fourth-order valence-corrected chi connectivity index (χ4v) is 1.70. The fraction of sp³-hybridized carbons (Fsp3) is 0.231. The van der Waals surface area contributed by atoms with Crippen molar-refractivity contribution in [2.45, 2.75) is 13.8 Å². The van der Waals surface area contributed by atoms with Crippen LogP contribution in [0.5, 0.6) is 5.88 Å². The van der Waals surface area contributed by atoms with Crippen LogP contribution in [-0.4, -0.2) is 21.5 Å². The van der Waals surface area contributed by atoms with Crippen LogP contribution in [0.25, 0.3) is 0 Å². The molecule has 1 aromatic heterocycles. The normalized spacial score (nSPS) is 10.1. The zero-order chi connectivity index (χ0) is 14.5. The highest BCUT2D eigenvalue weighted by Crippen LogP contribution is 2.33. The molecule has 104 valence electrons. The molecule has 0 fully saturated rings. The molecule has 2 aromatic rings. The number of aryl methyl sites for hydroxylation is 1. The lowest BCUT2D eigenvalue weighted by Gasteiger charge is -2.10. The van der Waals surface area contributed by atoms with Crippen LogP contribution < -0.4 is 10.1 Å². The van der Waals surface area contributed by atoms with Gasteiger partial charge in [-0.25, -0.2) is 4.98 Å². The number of nitrogens with one attached hydrogen (secondary N) is 1. The van der Waals surface area contributed by atoms with Crippen LogP contribution in [0.15, 0.2) is 30.6 Å². The van der Waals surface area contributed by atoms with Gasteiger partial charge in [0.25, 0.3) is 5.88 Å². The highest BCUT2D eigenvalue weighted by atomic mass is 16.6. The van der Waals surface area contributed by atoms with Gasteiger partial charge in [-0.1, -0.05) is 18.2 Å². The van der Waals surface area contributed by atoms with E-state index in [9.17, 15) is 10.1 Å². The van der Waals surface area contributed by atoms with E-state index in [2.05, 4.69) is 15.3 Å². The molecule has 0 spiro atoms. The van der Waals surface area contributed by atoms with Gasteiger partial charge >= 0.3 is 5.69 Å². The van der Waals surface area contributed by atoms with Crippen LogP contribution in [0.3, 0.4) is 0 Å². The molecular formula is C13H14N4O3. The van der Waals surface area contributed by atoms with E-state index in [1.54, 1.807) is 6.92 Å². The van der Waals surface area contributed by atoms with Crippen molar-refractivity contribution in [2.75, 3.05) is 11.9 Å². The highest BCUT2D eigenvalue weighted by Gasteiger charge is 2.24. The molecule has 0 saturated carbocycles. The summed E-state index contributed by atoms with van der Waals surface area (Å²) in [6.45, 7) is 3.93. The van der Waals surface area contributed by atoms with Gasteiger partial charge in [0.2, 0.25) is 5.82 Å². The first-order valence-electron chi connectivity index (χ1n) is 6.08. The van der Waals surface area contributed by atoms with Gasteiger partial charge in [-0.3, -0.25) is 10.1 Å². The Labute approximate surface area is 115 Å². The van der Waals surface area contributed by atoms with Crippen LogP contribution in [0.4, 0.5) is 17.2 Å². The Hall–Kier alpha value is -2.70. The summed E-state index contributed by atoms with van der Waals surface area (Å²) in [6, 6.07) is 7.45. The molecule has 2 rings (SSSR count). The first-order valence-corrected chi connectivity index (χ1v) is 6.08. The second kappa shape index (κ2) is 5.96. The number of rotatable bonds is 5. The molecule has 0 aliphatic carbocycles. The van der Waals surface area contributed by atoms with Gasteiger partial charge in [0.05, 0.1) is 11.5 Å². The average Bonchev–Trinajstić information content (AvgIpc) is 2.41. The third-order valence-corrected chi connectivity index (χ3v) is 2.65. The third kappa shape index (κ3) is 2.82. The predicted octanol–water partition coefficient (Wildman–Crippen LogP) is 2.84. The van der Waals surface area contributed by atoms with Crippen LogP contribution >= 0.6 is 0 Å². The number of aromatic nitrogens is 2. The summed E-state index contributed by atoms with van der Waals surface area (Å²) < 4.78 is 5.17. The van der Waals surface area contributed by atoms with Crippen molar-refractivity contribution in [3.05, 3.63) is 46.3 Å². The summed E-state index contributed by atoms with van der Waals surface area (Å²) in [4.78, 5) is 18.4. The number of nitrogens with zero attached hydrogens (tertiary/aromatic N) is 3. The van der Waals surface area contributed by atoms with Crippen LogP contribution in [0.1, 0.15) is 12.5 Å². The van der Waals surface area contributed by atoms with E-state index < -0.39 is 4.92 Å². The number of anilines is 2. The van der Waals surface area contributed by atoms with Crippen LogP contribution in [0, 0.1) is 17.0 Å². The van der Waals surface area contributed by atoms with E-state index in [-0.39, 0.29) is 17.4 Å². The lowest BCUT2D eigenvalue weighted by Crippen LogP contribution is -2.05. The van der Waals surface area contributed by atoms with Crippen molar-refractivity contribution in [2.24, 2.45) is 0 Å². The molecule has 20 heavy (non-hydrogen) atoms. The molecule has 1 aromatic carbocycles. The summed E-state index contributed by atoms with van der Waals surface area (Å²) in [5.41, 5.74) is 1.44. The number of hydrogen-bond acceptors (Lipinski definition) is 6. The number of para-hydroxylation sites is 1. The van der Waals surface area contributed by atoms with Gasteiger partial charge in [-0.2, -0.15) is 4.98 Å². The van der Waals surface area contributed by atoms with Crippen molar-refractivity contribution in [1.82, 2.24) is 9.97 Å². The molecule has 0 amide bonds. The van der Waals surface area contributed by atoms with E-state index in [4.69, 9.17) is 4.74 Å². The lowest BCUT2D eigenvalue weighted by molar-refractivity contribution is -0.385. The predicted molar refractivity (Wildman–Crippen MR) is 74.3 cm³/mol. The second-order valence-electron chi connectivity index (χ2n) is 4.01. The maximum absolute atomic E-state index is 11.2. The SMILES string of the molecule is CCOc1ncnc(Nc2ccccc2C)c1[N+](=O)[O-]. The average molecular weight is 274 g/mol. The first-order chi connectivity index (χ1) is 9.63. The van der Waals surface area contributed by atoms with Gasteiger partial charge in [0, 0.05) is 5.69 Å². The fourth-order valence-electron chi connectivity index (χ4n) is 1.70. The Morgan fingerprint density at radius 3 is 2.75 bits per heavy atom. The molecule has 0 aliphatic heterocycles. The summed E-state index contributed by atoms with van der Waals surface area (Å²) in [5.74, 6) is 0.0753. The molecule has 0 aliphatic rings. The smallest absolute Gasteiger partial charge is 0.373 e. The van der Waals surface area contributed by atoms with E-state index in [1.807, 2.05) is 31.2 Å². The topological polar surface area (TPSA) is 90.2 Å². The number of benzene rings is 1. The quantitative estimate of drug-likeness (QED) is 0.666. The van der Waals surface area contributed by atoms with E-state index in [0.29, 0.717) is 6.61 Å². The second-order valence-corrected chi connectivity index (χ2v) is 4.01. The van der Waals surface area contributed by atoms with E-state index in [1.165, 1.54) is 6.33 Å². The monoisotopic (exact) mass is 274 g/mol. The molecular weight excluding hydrogens is 260 g/mol. The van der Waals surface area contributed by atoms with Crippen molar-refractivity contribution in [3.8, 4) is 5.88 Å². The maximum Gasteiger partial charge on any atom is 0.373 e. The molecule has 0 radical (unpaired) electrons. The molecule has 7 nitrogen and oxygen atoms in total. The van der Waals surface area contributed by atoms with Crippen molar-refractivity contribution in [3.63, 3.8) is 0 Å². The summed E-state index contributed by atoms with van der Waals surface area (Å²) in [5, 5.41) is 14.1. The van der Waals surface area contributed by atoms with Crippen molar-refractivity contribution < 1.29 is 9.66 Å². The first kappa shape index (κ1) is 13.7. The number of ether oxygens (including phenoxy) is 1. The molecule has 1 N–H and O–H groups in total. The van der Waals surface area contributed by atoms with E-state index in [0.717, 1.165) is 11.3 Å². The molecule has 0 atom stereocenters. The van der Waals surface area contributed by atoms with E-state index >= 15 is 0 Å². The standard InChI is InChI=1S/C13H14N4O3/c1-3-20-13-11(17(18)19)12(14-8-15-13)16-10-7-5-4-6-9(10)2/h4-8H,3H2,1-2H3,(H,14,15,16). The highest BCUT2D eigenvalue weighted by molar-refractivity contribution is 5.69. The number of nitro groups is 1. The van der Waals surface area contributed by atoms with Gasteiger partial charge < -0.3 is 10.1 Å². The molecule has 1 heterocycles. The Balaban J connectivity index is 2.44. The summed E-state index contributed by atoms with van der Waals surface area (Å²) >= 11 is 0. The zero-order valence-electron chi connectivity index (χ0n) is 11.2. The van der Waals surface area contributed by atoms with Crippen LogP contribution in [-0.2, 0) is 0 Å². The Morgan fingerprint density at radius 1 is 1.35 bits per heavy atom. The lowest BCUT2D eigenvalue weighted by atomic mass is 10.2. The Bertz CT molecular complexity index is 631. The number of hydrogen-bond donors (Lipinski definition) is 1. The van der Waals surface area contributed by atoms with Gasteiger partial charge in [0.1, 0.15) is 6.33 Å². The van der Waals surface area contributed by atoms with Gasteiger partial charge in [0.15, 0.2) is 0 Å². The zero-order valence-corrected chi connectivity index (χ0v) is 11.2. The molecule has 0 unspecified atom stereocenters. The Morgan fingerprint density at radius 2 is 2.10 bits per heavy atom. The Kier molecular flexibility index (Phi) is 4.09. The molecule has 7 heteroatoms. The summed E-state index contributed by atoms with van der Waals surface area (Å²) in [7, 11) is 0. The minimum Gasteiger partial charge on any atom is -0.473 e. The molecule has 0 bridgehead atoms. The van der Waals surface area contributed by atoms with Crippen molar-refractivity contribution in [1.29, 1.82) is 0 Å². The van der Waals surface area contributed by atoms with Gasteiger partial charge in [-0.05, 0) is 25.5 Å². The minimum atomic E-state index is -0.550. The van der Waals surface area contributed by atoms with Crippen LogP contribution in [0.2, 0.25) is 0 Å². The third-order valence-electron chi connectivity index (χ3n) is 2.65.